The molecule has 1 heterocycles. The Balaban J connectivity index is 2.13. The standard InChI is InChI=1S/C14H17NO5/c1-15-12(16)8-20-11(13(15)14(17)18)7-9-3-5-10(19-2)6-4-9/h3-6,11,13H,7-8H2,1-2H3,(H,17,18). The molecule has 1 amide bonds. The van der Waals surface area contributed by atoms with Crippen molar-refractivity contribution in [1.29, 1.82) is 0 Å². The number of likely N-dealkylation sites (N-methyl/N-ethyl adjacent to an activating group) is 1. The Morgan fingerprint density at radius 1 is 1.45 bits per heavy atom. The van der Waals surface area contributed by atoms with Crippen molar-refractivity contribution in [2.45, 2.75) is 18.6 Å². The fraction of sp³-hybridized carbons (Fsp3) is 0.429. The number of carbonyl (C=O) groups excluding carboxylic acids is 1. The van der Waals surface area contributed by atoms with Crippen LogP contribution in [0.2, 0.25) is 0 Å². The number of morpholine rings is 1. The van der Waals surface area contributed by atoms with Gasteiger partial charge in [-0.25, -0.2) is 4.79 Å². The van der Waals surface area contributed by atoms with Crippen LogP contribution in [0.1, 0.15) is 5.56 Å². The van der Waals surface area contributed by atoms with Crippen molar-refractivity contribution in [2.24, 2.45) is 0 Å². The lowest BCUT2D eigenvalue weighted by Gasteiger charge is -2.36. The summed E-state index contributed by atoms with van der Waals surface area (Å²) in [5, 5.41) is 9.26. The molecule has 108 valence electrons. The minimum Gasteiger partial charge on any atom is -0.497 e. The van der Waals surface area contributed by atoms with Crippen LogP contribution in [0.15, 0.2) is 24.3 Å². The summed E-state index contributed by atoms with van der Waals surface area (Å²) in [6, 6.07) is 6.37. The normalized spacial score (nSPS) is 22.7. The van der Waals surface area contributed by atoms with Gasteiger partial charge < -0.3 is 19.5 Å². The van der Waals surface area contributed by atoms with E-state index in [2.05, 4.69) is 0 Å². The van der Waals surface area contributed by atoms with Crippen molar-refractivity contribution in [3.8, 4) is 5.75 Å². The number of carboxylic acids is 1. The van der Waals surface area contributed by atoms with E-state index in [1.807, 2.05) is 24.3 Å². The number of rotatable bonds is 4. The van der Waals surface area contributed by atoms with Crippen molar-refractivity contribution >= 4 is 11.9 Å². The molecule has 1 aliphatic heterocycles. The Morgan fingerprint density at radius 2 is 2.10 bits per heavy atom. The first-order valence-corrected chi connectivity index (χ1v) is 6.26. The Kier molecular flexibility index (Phi) is 4.24. The summed E-state index contributed by atoms with van der Waals surface area (Å²) in [5.74, 6) is -0.636. The lowest BCUT2D eigenvalue weighted by molar-refractivity contribution is -0.169. The van der Waals surface area contributed by atoms with Gasteiger partial charge in [-0.3, -0.25) is 4.79 Å². The molecule has 6 nitrogen and oxygen atoms in total. The lowest BCUT2D eigenvalue weighted by atomic mass is 9.99. The topological polar surface area (TPSA) is 76.1 Å². The molecule has 1 aromatic carbocycles. The van der Waals surface area contributed by atoms with Crippen LogP contribution in [0.4, 0.5) is 0 Å². The monoisotopic (exact) mass is 279 g/mol. The summed E-state index contributed by atoms with van der Waals surface area (Å²) < 4.78 is 10.5. The molecule has 2 rings (SSSR count). The quantitative estimate of drug-likeness (QED) is 0.871. The van der Waals surface area contributed by atoms with Gasteiger partial charge in [0.05, 0.1) is 13.2 Å². The van der Waals surface area contributed by atoms with Crippen LogP contribution >= 0.6 is 0 Å². The maximum absolute atomic E-state index is 11.5. The second kappa shape index (κ2) is 5.92. The van der Waals surface area contributed by atoms with Gasteiger partial charge in [0.15, 0.2) is 6.04 Å². The number of nitrogens with zero attached hydrogens (tertiary/aromatic N) is 1. The number of hydrogen-bond donors (Lipinski definition) is 1. The van der Waals surface area contributed by atoms with Gasteiger partial charge in [0.25, 0.3) is 0 Å². The fourth-order valence-corrected chi connectivity index (χ4v) is 2.26. The predicted molar refractivity (Wildman–Crippen MR) is 70.6 cm³/mol. The van der Waals surface area contributed by atoms with Crippen LogP contribution in [0.5, 0.6) is 5.75 Å². The van der Waals surface area contributed by atoms with Crippen LogP contribution in [0.3, 0.4) is 0 Å². The fourth-order valence-electron chi connectivity index (χ4n) is 2.26. The van der Waals surface area contributed by atoms with E-state index in [4.69, 9.17) is 9.47 Å². The van der Waals surface area contributed by atoms with Gasteiger partial charge in [-0.05, 0) is 17.7 Å². The highest BCUT2D eigenvalue weighted by Crippen LogP contribution is 2.20. The van der Waals surface area contributed by atoms with E-state index in [9.17, 15) is 14.7 Å². The van der Waals surface area contributed by atoms with Crippen LogP contribution in [-0.4, -0.2) is 54.8 Å². The second-order valence-electron chi connectivity index (χ2n) is 4.69. The maximum atomic E-state index is 11.5. The van der Waals surface area contributed by atoms with Gasteiger partial charge >= 0.3 is 5.97 Å². The lowest BCUT2D eigenvalue weighted by Crippen LogP contribution is -2.57. The molecular formula is C14H17NO5. The molecule has 6 heteroatoms. The highest BCUT2D eigenvalue weighted by atomic mass is 16.5. The largest absolute Gasteiger partial charge is 0.497 e. The second-order valence-corrected chi connectivity index (χ2v) is 4.69. The van der Waals surface area contributed by atoms with E-state index in [1.165, 1.54) is 11.9 Å². The first kappa shape index (κ1) is 14.3. The molecule has 1 aromatic rings. The average molecular weight is 279 g/mol. The summed E-state index contributed by atoms with van der Waals surface area (Å²) >= 11 is 0. The van der Waals surface area contributed by atoms with E-state index >= 15 is 0 Å². The van der Waals surface area contributed by atoms with Gasteiger partial charge in [0, 0.05) is 13.5 Å². The Bertz CT molecular complexity index is 499. The third-order valence-electron chi connectivity index (χ3n) is 3.43. The minimum absolute atomic E-state index is 0.0822. The smallest absolute Gasteiger partial charge is 0.329 e. The van der Waals surface area contributed by atoms with Crippen molar-refractivity contribution in [2.75, 3.05) is 20.8 Å². The zero-order chi connectivity index (χ0) is 14.7. The van der Waals surface area contributed by atoms with Crippen LogP contribution in [0, 0.1) is 0 Å². The summed E-state index contributed by atoms with van der Waals surface area (Å²) in [6.07, 6.45) is -0.123. The number of methoxy groups -OCH3 is 1. The molecule has 1 N–H and O–H groups in total. The van der Waals surface area contributed by atoms with Crippen molar-refractivity contribution in [3.05, 3.63) is 29.8 Å². The first-order valence-electron chi connectivity index (χ1n) is 6.26. The van der Waals surface area contributed by atoms with Gasteiger partial charge in [-0.15, -0.1) is 0 Å². The van der Waals surface area contributed by atoms with E-state index in [1.54, 1.807) is 7.11 Å². The Morgan fingerprint density at radius 3 is 2.65 bits per heavy atom. The molecule has 0 aliphatic carbocycles. The number of benzene rings is 1. The number of carbonyl (C=O) groups is 2. The van der Waals surface area contributed by atoms with Gasteiger partial charge in [-0.1, -0.05) is 12.1 Å². The van der Waals surface area contributed by atoms with Crippen molar-refractivity contribution in [1.82, 2.24) is 4.90 Å². The number of ether oxygens (including phenoxy) is 2. The summed E-state index contributed by atoms with van der Waals surface area (Å²) in [6.45, 7) is -0.0822. The third-order valence-corrected chi connectivity index (χ3v) is 3.43. The third kappa shape index (κ3) is 2.91. The summed E-state index contributed by atoms with van der Waals surface area (Å²) in [5.41, 5.74) is 0.935. The number of amides is 1. The van der Waals surface area contributed by atoms with E-state index in [0.717, 1.165) is 11.3 Å². The summed E-state index contributed by atoms with van der Waals surface area (Å²) in [7, 11) is 3.07. The average Bonchev–Trinajstić information content (AvgIpc) is 2.43. The van der Waals surface area contributed by atoms with Crippen LogP contribution < -0.4 is 4.74 Å². The molecule has 2 atom stereocenters. The maximum Gasteiger partial charge on any atom is 0.329 e. The molecule has 1 saturated heterocycles. The molecule has 20 heavy (non-hydrogen) atoms. The Labute approximate surface area is 116 Å². The van der Waals surface area contributed by atoms with Gasteiger partial charge in [0.1, 0.15) is 12.4 Å². The highest BCUT2D eigenvalue weighted by molar-refractivity contribution is 5.85. The van der Waals surface area contributed by atoms with Crippen LogP contribution in [0.25, 0.3) is 0 Å². The zero-order valence-electron chi connectivity index (χ0n) is 11.4. The number of carboxylic acid groups (broad SMARTS) is 1. The zero-order valence-corrected chi connectivity index (χ0v) is 11.4. The predicted octanol–water partition coefficient (Wildman–Crippen LogP) is 0.548. The molecule has 0 saturated carbocycles. The number of aliphatic carboxylic acids is 1. The van der Waals surface area contributed by atoms with E-state index in [0.29, 0.717) is 6.42 Å². The molecule has 1 fully saturated rings. The molecule has 0 aromatic heterocycles. The number of hydrogen-bond acceptors (Lipinski definition) is 4. The molecule has 0 bridgehead atoms. The van der Waals surface area contributed by atoms with E-state index in [-0.39, 0.29) is 12.5 Å². The minimum atomic E-state index is -1.06. The molecular weight excluding hydrogens is 262 g/mol. The SMILES string of the molecule is COc1ccc(CC2OCC(=O)N(C)C2C(=O)O)cc1. The summed E-state index contributed by atoms with van der Waals surface area (Å²) in [4.78, 5) is 24.1. The van der Waals surface area contributed by atoms with Gasteiger partial charge in [0.2, 0.25) is 5.91 Å². The van der Waals surface area contributed by atoms with Crippen molar-refractivity contribution < 1.29 is 24.2 Å². The van der Waals surface area contributed by atoms with Crippen LogP contribution in [-0.2, 0) is 20.7 Å². The molecule has 1 aliphatic rings. The molecule has 0 spiro atoms. The highest BCUT2D eigenvalue weighted by Gasteiger charge is 2.39. The van der Waals surface area contributed by atoms with Crippen molar-refractivity contribution in [3.63, 3.8) is 0 Å². The molecule has 0 radical (unpaired) electrons. The van der Waals surface area contributed by atoms with E-state index < -0.39 is 18.1 Å². The Hall–Kier alpha value is -2.08. The van der Waals surface area contributed by atoms with Gasteiger partial charge in [-0.2, -0.15) is 0 Å². The first-order chi connectivity index (χ1) is 9.52. The molecule has 2 unspecified atom stereocenters.